The van der Waals surface area contributed by atoms with Crippen molar-refractivity contribution in [3.05, 3.63) is 64.9 Å². The van der Waals surface area contributed by atoms with Crippen LogP contribution in [0.4, 0.5) is 10.5 Å². The molecule has 0 atom stereocenters. The summed E-state index contributed by atoms with van der Waals surface area (Å²) in [5, 5.41) is 6.82. The molecule has 0 bridgehead atoms. The van der Waals surface area contributed by atoms with Crippen molar-refractivity contribution in [3.8, 4) is 0 Å². The molecular weight excluding hydrogens is 519 g/mol. The first-order valence-electron chi connectivity index (χ1n) is 14.7. The third kappa shape index (κ3) is 10.3. The van der Waals surface area contributed by atoms with Gasteiger partial charge in [-0.3, -0.25) is 4.90 Å². The predicted molar refractivity (Wildman–Crippen MR) is 174 cm³/mol. The van der Waals surface area contributed by atoms with E-state index < -0.39 is 5.60 Å². The molecule has 2 heterocycles. The Hall–Kier alpha value is -2.37. The van der Waals surface area contributed by atoms with Crippen LogP contribution in [-0.2, 0) is 4.74 Å². The zero-order valence-electron chi connectivity index (χ0n) is 24.6. The van der Waals surface area contributed by atoms with Crippen LogP contribution in [0.2, 0.25) is 0 Å². The highest BCUT2D eigenvalue weighted by atomic mass is 32.1. The molecule has 0 aliphatic heterocycles. The number of carbonyl (C=O) groups excluding carboxylic acids is 1. The van der Waals surface area contributed by atoms with Gasteiger partial charge >= 0.3 is 6.09 Å². The summed E-state index contributed by atoms with van der Waals surface area (Å²) in [5.41, 5.74) is 1.88. The topological polar surface area (TPSA) is 29.5 Å². The summed E-state index contributed by atoms with van der Waals surface area (Å²) in [6, 6.07) is 16.8. The van der Waals surface area contributed by atoms with Crippen molar-refractivity contribution in [2.45, 2.75) is 104 Å². The summed E-state index contributed by atoms with van der Waals surface area (Å²) in [6.45, 7) is 10.9. The molecule has 4 aromatic rings. The Morgan fingerprint density at radius 3 is 1.85 bits per heavy atom. The number of unbranched alkanes of at least 4 members (excludes halogenated alkanes) is 9. The Kier molecular flexibility index (Phi) is 12.8. The largest absolute Gasteiger partial charge is 0.443 e. The Labute approximate surface area is 244 Å². The number of nitrogens with zero attached hydrogens (tertiary/aromatic N) is 1. The Morgan fingerprint density at radius 1 is 0.744 bits per heavy atom. The van der Waals surface area contributed by atoms with Crippen LogP contribution in [0.3, 0.4) is 0 Å². The lowest BCUT2D eigenvalue weighted by Gasteiger charge is -2.27. The highest BCUT2D eigenvalue weighted by Gasteiger charge is 2.25. The van der Waals surface area contributed by atoms with Gasteiger partial charge in [0.05, 0.1) is 5.69 Å². The number of carbonyl (C=O) groups is 1. The summed E-state index contributed by atoms with van der Waals surface area (Å²) in [6.07, 6.45) is 12.7. The van der Waals surface area contributed by atoms with E-state index >= 15 is 0 Å². The van der Waals surface area contributed by atoms with E-state index in [1.807, 2.05) is 49.1 Å². The minimum atomic E-state index is -0.487. The highest BCUT2D eigenvalue weighted by molar-refractivity contribution is 7.18. The summed E-state index contributed by atoms with van der Waals surface area (Å²) in [4.78, 5) is 14.7. The van der Waals surface area contributed by atoms with E-state index in [2.05, 4.69) is 61.0 Å². The molecule has 2 aromatic carbocycles. The maximum atomic E-state index is 12.9. The summed E-state index contributed by atoms with van der Waals surface area (Å²) in [7, 11) is 0. The zero-order chi connectivity index (χ0) is 28.1. The van der Waals surface area contributed by atoms with Gasteiger partial charge in [0.15, 0.2) is 0 Å². The second-order valence-electron chi connectivity index (χ2n) is 11.3. The quantitative estimate of drug-likeness (QED) is 0.160. The van der Waals surface area contributed by atoms with E-state index in [9.17, 15) is 4.79 Å². The SMILES string of the molecule is CCCCCCCCCCCCN(C(=O)OC(C)(C)C)c1csc2ccccc12.Cc1csc2ccccc12. The van der Waals surface area contributed by atoms with Gasteiger partial charge in [0.1, 0.15) is 5.60 Å². The van der Waals surface area contributed by atoms with Gasteiger partial charge in [0.2, 0.25) is 0 Å². The fourth-order valence-electron chi connectivity index (χ4n) is 4.67. The van der Waals surface area contributed by atoms with Crippen LogP contribution in [0.25, 0.3) is 20.2 Å². The van der Waals surface area contributed by atoms with Crippen molar-refractivity contribution in [3.63, 3.8) is 0 Å². The van der Waals surface area contributed by atoms with Gasteiger partial charge in [-0.15, -0.1) is 22.7 Å². The second kappa shape index (κ2) is 16.0. The normalized spacial score (nSPS) is 11.4. The van der Waals surface area contributed by atoms with E-state index in [4.69, 9.17) is 4.74 Å². The van der Waals surface area contributed by atoms with Gasteiger partial charge in [-0.2, -0.15) is 0 Å². The number of anilines is 1. The third-order valence-corrected chi connectivity index (χ3v) is 8.81. The molecule has 0 N–H and O–H groups in total. The molecule has 0 saturated heterocycles. The average Bonchev–Trinajstić information content (AvgIpc) is 3.51. The van der Waals surface area contributed by atoms with E-state index in [0.29, 0.717) is 6.54 Å². The van der Waals surface area contributed by atoms with Crippen molar-refractivity contribution >= 4 is 54.6 Å². The molecule has 39 heavy (non-hydrogen) atoms. The Bertz CT molecular complexity index is 1270. The first kappa shape index (κ1) is 31.2. The van der Waals surface area contributed by atoms with Crippen molar-refractivity contribution in [2.75, 3.05) is 11.4 Å². The van der Waals surface area contributed by atoms with Gasteiger partial charge in [-0.25, -0.2) is 4.79 Å². The first-order chi connectivity index (χ1) is 18.8. The molecule has 0 spiro atoms. The lowest BCUT2D eigenvalue weighted by molar-refractivity contribution is 0.0580. The zero-order valence-corrected chi connectivity index (χ0v) is 26.3. The molecule has 0 fully saturated rings. The smallest absolute Gasteiger partial charge is 0.414 e. The lowest BCUT2D eigenvalue weighted by Crippen LogP contribution is -2.37. The van der Waals surface area contributed by atoms with Crippen molar-refractivity contribution in [1.82, 2.24) is 0 Å². The van der Waals surface area contributed by atoms with Crippen LogP contribution in [-0.4, -0.2) is 18.2 Å². The molecule has 2 aromatic heterocycles. The number of thiophene rings is 2. The van der Waals surface area contributed by atoms with Gasteiger partial charge in [-0.05, 0) is 62.6 Å². The maximum Gasteiger partial charge on any atom is 0.414 e. The molecule has 0 aliphatic carbocycles. The predicted octanol–water partition coefficient (Wildman–Crippen LogP) is 11.8. The molecule has 4 rings (SSSR count). The van der Waals surface area contributed by atoms with Crippen LogP contribution in [0.5, 0.6) is 0 Å². The summed E-state index contributed by atoms with van der Waals surface area (Å²) in [5.74, 6) is 0. The molecule has 1 amide bonds. The van der Waals surface area contributed by atoms with Crippen LogP contribution in [0.15, 0.2) is 59.3 Å². The van der Waals surface area contributed by atoms with Crippen molar-refractivity contribution in [2.24, 2.45) is 0 Å². The summed E-state index contributed by atoms with van der Waals surface area (Å²) < 4.78 is 8.30. The number of hydrogen-bond donors (Lipinski definition) is 0. The number of aryl methyl sites for hydroxylation is 1. The van der Waals surface area contributed by atoms with Gasteiger partial charge in [-0.1, -0.05) is 101 Å². The lowest BCUT2D eigenvalue weighted by atomic mass is 10.1. The van der Waals surface area contributed by atoms with Crippen LogP contribution in [0.1, 0.15) is 97.5 Å². The van der Waals surface area contributed by atoms with Crippen LogP contribution < -0.4 is 4.90 Å². The van der Waals surface area contributed by atoms with Crippen molar-refractivity contribution < 1.29 is 9.53 Å². The third-order valence-electron chi connectivity index (χ3n) is 6.78. The van der Waals surface area contributed by atoms with E-state index in [-0.39, 0.29) is 6.09 Å². The number of rotatable bonds is 12. The average molecular weight is 566 g/mol. The van der Waals surface area contributed by atoms with Crippen LogP contribution >= 0.6 is 22.7 Å². The second-order valence-corrected chi connectivity index (χ2v) is 13.2. The molecular formula is C34H47NO2S2. The summed E-state index contributed by atoms with van der Waals surface area (Å²) >= 11 is 3.50. The number of fused-ring (bicyclic) bond motifs is 2. The van der Waals surface area contributed by atoms with E-state index in [1.54, 1.807) is 11.3 Å². The minimum absolute atomic E-state index is 0.239. The van der Waals surface area contributed by atoms with Gasteiger partial charge in [0.25, 0.3) is 0 Å². The van der Waals surface area contributed by atoms with Crippen LogP contribution in [0, 0.1) is 6.92 Å². The number of hydrogen-bond acceptors (Lipinski definition) is 4. The van der Waals surface area contributed by atoms with E-state index in [0.717, 1.165) is 23.9 Å². The number of amides is 1. The monoisotopic (exact) mass is 565 g/mol. The molecule has 0 unspecified atom stereocenters. The van der Waals surface area contributed by atoms with Crippen molar-refractivity contribution in [1.29, 1.82) is 0 Å². The fraction of sp³-hybridized carbons (Fsp3) is 0.500. The molecule has 0 aliphatic rings. The highest BCUT2D eigenvalue weighted by Crippen LogP contribution is 2.34. The molecule has 3 nitrogen and oxygen atoms in total. The first-order valence-corrected chi connectivity index (χ1v) is 16.5. The maximum absolute atomic E-state index is 12.9. The molecule has 5 heteroatoms. The number of ether oxygens (including phenoxy) is 1. The standard InChI is InChI=1S/C25H39NO2S.C9H8S/c1-5-6-7-8-9-10-11-12-13-16-19-26(24(27)28-25(2,3)4)22-20-29-23-18-15-14-17-21(22)23;1-7-6-10-9-5-3-2-4-8(7)9/h14-15,17-18,20H,5-13,16,19H2,1-4H3;2-6H,1H3. The molecule has 0 radical (unpaired) electrons. The molecule has 0 saturated carbocycles. The fourth-order valence-corrected chi connectivity index (χ4v) is 6.56. The van der Waals surface area contributed by atoms with Gasteiger partial charge < -0.3 is 4.74 Å². The minimum Gasteiger partial charge on any atom is -0.443 e. The Balaban J connectivity index is 0.000000346. The van der Waals surface area contributed by atoms with E-state index in [1.165, 1.54) is 71.7 Å². The van der Waals surface area contributed by atoms with Gasteiger partial charge in [0, 0.05) is 26.7 Å². The molecule has 212 valence electrons. The Morgan fingerprint density at radius 2 is 1.26 bits per heavy atom. The number of benzene rings is 2.